The molecule has 1 aliphatic rings. The van der Waals surface area contributed by atoms with Gasteiger partial charge in [0.15, 0.2) is 0 Å². The minimum absolute atomic E-state index is 0.562. The smallest absolute Gasteiger partial charge is 0.134 e. The Kier molecular flexibility index (Phi) is 3.55. The van der Waals surface area contributed by atoms with Crippen LogP contribution < -0.4 is 5.73 Å². The number of piperazine rings is 1. The fourth-order valence-corrected chi connectivity index (χ4v) is 2.77. The topological polar surface area (TPSA) is 45.6 Å². The van der Waals surface area contributed by atoms with Crippen LogP contribution in [0.15, 0.2) is 28.9 Å². The molecule has 2 N–H and O–H groups in total. The molecular weight excluding hydrogens is 238 g/mol. The van der Waals surface area contributed by atoms with Gasteiger partial charge in [0.2, 0.25) is 0 Å². The molecule has 4 heteroatoms. The van der Waals surface area contributed by atoms with Crippen molar-refractivity contribution in [3.63, 3.8) is 0 Å². The Bertz CT molecular complexity index is 556. The summed E-state index contributed by atoms with van der Waals surface area (Å²) in [4.78, 5) is 4.85. The lowest BCUT2D eigenvalue weighted by Gasteiger charge is -2.32. The Balaban J connectivity index is 1.85. The maximum absolute atomic E-state index is 5.83. The molecule has 0 atom stereocenters. The molecule has 102 valence electrons. The van der Waals surface area contributed by atoms with Crippen molar-refractivity contribution < 1.29 is 4.42 Å². The monoisotopic (exact) mass is 259 g/mol. The maximum Gasteiger partial charge on any atom is 0.134 e. The number of fused-ring (bicyclic) bond motifs is 1. The molecule has 1 saturated heterocycles. The van der Waals surface area contributed by atoms with E-state index >= 15 is 0 Å². The second-order valence-corrected chi connectivity index (χ2v) is 5.33. The Hall–Kier alpha value is -1.36. The molecule has 0 radical (unpaired) electrons. The van der Waals surface area contributed by atoms with Gasteiger partial charge in [-0.05, 0) is 18.7 Å². The average molecular weight is 259 g/mol. The third-order valence-corrected chi connectivity index (χ3v) is 3.97. The highest BCUT2D eigenvalue weighted by molar-refractivity contribution is 5.84. The zero-order valence-electron chi connectivity index (χ0n) is 11.4. The van der Waals surface area contributed by atoms with Crippen molar-refractivity contribution in [3.05, 3.63) is 35.6 Å². The second kappa shape index (κ2) is 5.33. The van der Waals surface area contributed by atoms with Gasteiger partial charge in [-0.25, -0.2) is 0 Å². The molecule has 0 saturated carbocycles. The lowest BCUT2D eigenvalue weighted by Crippen LogP contribution is -2.43. The van der Waals surface area contributed by atoms with Crippen LogP contribution in [0.4, 0.5) is 0 Å². The van der Waals surface area contributed by atoms with E-state index in [2.05, 4.69) is 22.9 Å². The molecule has 0 bridgehead atoms. The predicted octanol–water partition coefficient (Wildman–Crippen LogP) is 1.64. The minimum atomic E-state index is 0.562. The summed E-state index contributed by atoms with van der Waals surface area (Å²) >= 11 is 0. The highest BCUT2D eigenvalue weighted by atomic mass is 16.3. The van der Waals surface area contributed by atoms with E-state index in [4.69, 9.17) is 10.2 Å². The molecule has 3 rings (SSSR count). The molecule has 0 aliphatic carbocycles. The Morgan fingerprint density at radius 3 is 2.68 bits per heavy atom. The van der Waals surface area contributed by atoms with Crippen molar-refractivity contribution >= 4 is 11.0 Å². The van der Waals surface area contributed by atoms with E-state index in [1.54, 1.807) is 0 Å². The van der Waals surface area contributed by atoms with Crippen molar-refractivity contribution in [2.45, 2.75) is 13.1 Å². The highest BCUT2D eigenvalue weighted by Gasteiger charge is 2.17. The fraction of sp³-hybridized carbons (Fsp3) is 0.467. The van der Waals surface area contributed by atoms with Crippen LogP contribution in [-0.4, -0.2) is 43.0 Å². The number of nitrogens with zero attached hydrogens (tertiary/aromatic N) is 2. The first-order chi connectivity index (χ1) is 9.28. The van der Waals surface area contributed by atoms with E-state index in [1.807, 2.05) is 18.4 Å². The summed E-state index contributed by atoms with van der Waals surface area (Å²) in [5.41, 5.74) is 9.23. The quantitative estimate of drug-likeness (QED) is 0.910. The van der Waals surface area contributed by atoms with Gasteiger partial charge in [0.25, 0.3) is 0 Å². The SMILES string of the molecule is CN1CCN(Cc2coc3cccc(CN)c23)CC1. The van der Waals surface area contributed by atoms with Gasteiger partial charge in [-0.15, -0.1) is 0 Å². The first kappa shape index (κ1) is 12.7. The molecule has 2 heterocycles. The van der Waals surface area contributed by atoms with Crippen LogP contribution in [0.25, 0.3) is 11.0 Å². The van der Waals surface area contributed by atoms with Gasteiger partial charge in [-0.3, -0.25) is 4.90 Å². The Morgan fingerprint density at radius 2 is 1.95 bits per heavy atom. The first-order valence-electron chi connectivity index (χ1n) is 6.87. The summed E-state index contributed by atoms with van der Waals surface area (Å²) in [5.74, 6) is 0. The zero-order valence-corrected chi connectivity index (χ0v) is 11.4. The summed E-state index contributed by atoms with van der Waals surface area (Å²) in [6.45, 7) is 6.03. The fourth-order valence-electron chi connectivity index (χ4n) is 2.77. The third-order valence-electron chi connectivity index (χ3n) is 3.97. The molecule has 1 aromatic carbocycles. The molecule has 1 fully saturated rings. The number of benzene rings is 1. The predicted molar refractivity (Wildman–Crippen MR) is 76.9 cm³/mol. The molecule has 0 amide bonds. The van der Waals surface area contributed by atoms with Gasteiger partial charge in [0.1, 0.15) is 5.58 Å². The van der Waals surface area contributed by atoms with Crippen LogP contribution in [0, 0.1) is 0 Å². The van der Waals surface area contributed by atoms with Crippen LogP contribution in [0.3, 0.4) is 0 Å². The van der Waals surface area contributed by atoms with Crippen molar-refractivity contribution in [2.75, 3.05) is 33.2 Å². The molecule has 1 aromatic heterocycles. The second-order valence-electron chi connectivity index (χ2n) is 5.33. The molecule has 2 aromatic rings. The minimum Gasteiger partial charge on any atom is -0.464 e. The number of nitrogens with two attached hydrogens (primary N) is 1. The van der Waals surface area contributed by atoms with Gasteiger partial charge in [0.05, 0.1) is 6.26 Å². The van der Waals surface area contributed by atoms with Crippen molar-refractivity contribution in [1.29, 1.82) is 0 Å². The zero-order chi connectivity index (χ0) is 13.2. The Morgan fingerprint density at radius 1 is 1.16 bits per heavy atom. The third kappa shape index (κ3) is 2.52. The number of furan rings is 1. The van der Waals surface area contributed by atoms with E-state index in [9.17, 15) is 0 Å². The summed E-state index contributed by atoms with van der Waals surface area (Å²) in [6.07, 6.45) is 1.89. The van der Waals surface area contributed by atoms with E-state index in [0.29, 0.717) is 6.54 Å². The van der Waals surface area contributed by atoms with Crippen LogP contribution in [0.1, 0.15) is 11.1 Å². The van der Waals surface area contributed by atoms with Crippen LogP contribution in [0.2, 0.25) is 0 Å². The maximum atomic E-state index is 5.83. The number of hydrogen-bond donors (Lipinski definition) is 1. The van der Waals surface area contributed by atoms with Gasteiger partial charge in [0, 0.05) is 50.2 Å². The van der Waals surface area contributed by atoms with Gasteiger partial charge in [-0.2, -0.15) is 0 Å². The average Bonchev–Trinajstić information content (AvgIpc) is 2.85. The standard InChI is InChI=1S/C15H21N3O/c1-17-5-7-18(8-6-17)10-13-11-19-14-4-2-3-12(9-16)15(13)14/h2-4,11H,5-10,16H2,1H3. The normalized spacial score (nSPS) is 18.2. The van der Waals surface area contributed by atoms with Crippen LogP contribution in [-0.2, 0) is 13.1 Å². The van der Waals surface area contributed by atoms with Crippen molar-refractivity contribution in [1.82, 2.24) is 9.80 Å². The lowest BCUT2D eigenvalue weighted by molar-refractivity contribution is 0.148. The van der Waals surface area contributed by atoms with Gasteiger partial charge < -0.3 is 15.1 Å². The van der Waals surface area contributed by atoms with Gasteiger partial charge in [-0.1, -0.05) is 12.1 Å². The number of rotatable bonds is 3. The summed E-state index contributed by atoms with van der Waals surface area (Å²) in [6, 6.07) is 6.11. The van der Waals surface area contributed by atoms with Crippen molar-refractivity contribution in [3.8, 4) is 0 Å². The largest absolute Gasteiger partial charge is 0.464 e. The van der Waals surface area contributed by atoms with Crippen molar-refractivity contribution in [2.24, 2.45) is 5.73 Å². The highest BCUT2D eigenvalue weighted by Crippen LogP contribution is 2.26. The molecular formula is C15H21N3O. The molecule has 0 spiro atoms. The molecule has 19 heavy (non-hydrogen) atoms. The van der Waals surface area contributed by atoms with E-state index in [0.717, 1.165) is 38.3 Å². The van der Waals surface area contributed by atoms with Crippen LogP contribution in [0.5, 0.6) is 0 Å². The van der Waals surface area contributed by atoms with E-state index in [1.165, 1.54) is 16.5 Å². The van der Waals surface area contributed by atoms with E-state index < -0.39 is 0 Å². The van der Waals surface area contributed by atoms with Crippen LogP contribution >= 0.6 is 0 Å². The number of likely N-dealkylation sites (N-methyl/N-ethyl adjacent to an activating group) is 1. The molecule has 1 aliphatic heterocycles. The first-order valence-corrected chi connectivity index (χ1v) is 6.87. The molecule has 4 nitrogen and oxygen atoms in total. The summed E-state index contributed by atoms with van der Waals surface area (Å²) in [7, 11) is 2.18. The Labute approximate surface area is 113 Å². The summed E-state index contributed by atoms with van der Waals surface area (Å²) < 4.78 is 5.66. The van der Waals surface area contributed by atoms with E-state index in [-0.39, 0.29) is 0 Å². The van der Waals surface area contributed by atoms with Gasteiger partial charge >= 0.3 is 0 Å². The summed E-state index contributed by atoms with van der Waals surface area (Å²) in [5, 5.41) is 1.21. The lowest BCUT2D eigenvalue weighted by atomic mass is 10.1. The molecule has 0 unspecified atom stereocenters. The number of hydrogen-bond acceptors (Lipinski definition) is 4.